The molecule has 5 nitrogen and oxygen atoms in total. The number of ether oxygens (including phenoxy) is 2. The number of carbonyl (C=O) groups excluding carboxylic acids is 2. The van der Waals surface area contributed by atoms with Crippen molar-refractivity contribution in [3.8, 4) is 0 Å². The molecule has 0 spiro atoms. The predicted octanol–water partition coefficient (Wildman–Crippen LogP) is 3.64. The second-order valence-electron chi connectivity index (χ2n) is 5.86. The second-order valence-corrected chi connectivity index (χ2v) is 6.92. The Morgan fingerprint density at radius 1 is 1.17 bits per heavy atom. The first-order valence-corrected chi connectivity index (χ1v) is 8.55. The first-order valence-electron chi connectivity index (χ1n) is 7.74. The Kier molecular flexibility index (Phi) is 3.57. The molecule has 1 aromatic carbocycles. The monoisotopic (exact) mass is 344 g/mol. The molecule has 124 valence electrons. The van der Waals surface area contributed by atoms with Gasteiger partial charge in [0, 0.05) is 22.1 Å². The summed E-state index contributed by atoms with van der Waals surface area (Å²) in [7, 11) is 2.68. The average Bonchev–Trinajstić information content (AvgIpc) is 3.15. The third-order valence-electron chi connectivity index (χ3n) is 4.68. The van der Waals surface area contributed by atoms with Crippen LogP contribution in [0.4, 0.5) is 0 Å². The summed E-state index contributed by atoms with van der Waals surface area (Å²) in [6.07, 6.45) is 1.12. The molecule has 0 amide bonds. The zero-order chi connectivity index (χ0) is 16.8. The number of esters is 2. The van der Waals surface area contributed by atoms with E-state index >= 15 is 0 Å². The maximum absolute atomic E-state index is 12.5. The van der Waals surface area contributed by atoms with Gasteiger partial charge in [-0.2, -0.15) is 0 Å². The molecule has 4 rings (SSSR count). The van der Waals surface area contributed by atoms with E-state index in [4.69, 9.17) is 13.9 Å². The Morgan fingerprint density at radius 2 is 1.92 bits per heavy atom. The SMILES string of the molecule is COC(=O)[C@@H]1CCc2oc3c(sc4ccccc43)c2[C@@H]1C(=O)OC. The lowest BCUT2D eigenvalue weighted by atomic mass is 9.78. The van der Waals surface area contributed by atoms with Crippen LogP contribution in [0.3, 0.4) is 0 Å². The lowest BCUT2D eigenvalue weighted by molar-refractivity contribution is -0.154. The van der Waals surface area contributed by atoms with Crippen LogP contribution in [0.25, 0.3) is 20.4 Å². The van der Waals surface area contributed by atoms with Gasteiger partial charge in [0.15, 0.2) is 5.58 Å². The maximum atomic E-state index is 12.5. The van der Waals surface area contributed by atoms with Crippen LogP contribution >= 0.6 is 11.3 Å². The van der Waals surface area contributed by atoms with Gasteiger partial charge in [-0.1, -0.05) is 12.1 Å². The van der Waals surface area contributed by atoms with E-state index in [1.807, 2.05) is 24.3 Å². The zero-order valence-electron chi connectivity index (χ0n) is 13.3. The highest BCUT2D eigenvalue weighted by Crippen LogP contribution is 2.48. The summed E-state index contributed by atoms with van der Waals surface area (Å²) in [4.78, 5) is 24.6. The third kappa shape index (κ3) is 2.06. The number of aryl methyl sites for hydroxylation is 1. The Balaban J connectivity index is 1.97. The molecular weight excluding hydrogens is 328 g/mol. The molecular formula is C18H16O5S. The number of benzene rings is 1. The minimum Gasteiger partial charge on any atom is -0.469 e. The molecule has 0 radical (unpaired) electrons. The smallest absolute Gasteiger partial charge is 0.314 e. The number of hydrogen-bond acceptors (Lipinski definition) is 6. The van der Waals surface area contributed by atoms with Gasteiger partial charge < -0.3 is 13.9 Å². The molecule has 1 aliphatic rings. The van der Waals surface area contributed by atoms with Gasteiger partial charge in [0.2, 0.25) is 0 Å². The van der Waals surface area contributed by atoms with Crippen LogP contribution in [0.1, 0.15) is 23.7 Å². The molecule has 0 saturated heterocycles. The van der Waals surface area contributed by atoms with Gasteiger partial charge in [0.05, 0.1) is 30.8 Å². The Bertz CT molecular complexity index is 951. The number of rotatable bonds is 2. The fourth-order valence-electron chi connectivity index (χ4n) is 3.57. The molecule has 3 aromatic rings. The Hall–Kier alpha value is -2.34. The molecule has 0 saturated carbocycles. The average molecular weight is 344 g/mol. The van der Waals surface area contributed by atoms with Crippen LogP contribution in [-0.4, -0.2) is 26.2 Å². The Labute approximate surface area is 142 Å². The molecule has 0 fully saturated rings. The van der Waals surface area contributed by atoms with Crippen molar-refractivity contribution in [2.75, 3.05) is 14.2 Å². The summed E-state index contributed by atoms with van der Waals surface area (Å²) in [6, 6.07) is 7.97. The number of methoxy groups -OCH3 is 2. The van der Waals surface area contributed by atoms with Crippen molar-refractivity contribution in [3.63, 3.8) is 0 Å². The quantitative estimate of drug-likeness (QED) is 0.664. The van der Waals surface area contributed by atoms with Crippen molar-refractivity contribution >= 4 is 43.6 Å². The first kappa shape index (κ1) is 15.2. The molecule has 24 heavy (non-hydrogen) atoms. The molecule has 2 heterocycles. The fraction of sp³-hybridized carbons (Fsp3) is 0.333. The lowest BCUT2D eigenvalue weighted by Gasteiger charge is -2.27. The summed E-state index contributed by atoms with van der Waals surface area (Å²) in [6.45, 7) is 0. The third-order valence-corrected chi connectivity index (χ3v) is 5.86. The first-order chi connectivity index (χ1) is 11.7. The van der Waals surface area contributed by atoms with Crippen molar-refractivity contribution in [1.82, 2.24) is 0 Å². The second kappa shape index (κ2) is 5.63. The van der Waals surface area contributed by atoms with Crippen LogP contribution in [-0.2, 0) is 25.5 Å². The van der Waals surface area contributed by atoms with E-state index in [-0.39, 0.29) is 5.97 Å². The number of fused-ring (bicyclic) bond motifs is 5. The van der Waals surface area contributed by atoms with Crippen LogP contribution in [0.5, 0.6) is 0 Å². The maximum Gasteiger partial charge on any atom is 0.314 e. The van der Waals surface area contributed by atoms with Gasteiger partial charge in [-0.05, 0) is 18.6 Å². The molecule has 0 unspecified atom stereocenters. The predicted molar refractivity (Wildman–Crippen MR) is 90.2 cm³/mol. The van der Waals surface area contributed by atoms with Gasteiger partial charge >= 0.3 is 11.9 Å². The normalized spacial score (nSPS) is 20.1. The topological polar surface area (TPSA) is 65.7 Å². The molecule has 2 aromatic heterocycles. The lowest BCUT2D eigenvalue weighted by Crippen LogP contribution is -2.33. The summed E-state index contributed by atoms with van der Waals surface area (Å²) < 4.78 is 18.0. The van der Waals surface area contributed by atoms with Crippen LogP contribution in [0.15, 0.2) is 28.7 Å². The van der Waals surface area contributed by atoms with E-state index in [0.29, 0.717) is 12.8 Å². The van der Waals surface area contributed by atoms with E-state index in [1.54, 1.807) is 11.3 Å². The summed E-state index contributed by atoms with van der Waals surface area (Å²) in [5, 5.41) is 1.03. The van der Waals surface area contributed by atoms with E-state index in [0.717, 1.165) is 31.7 Å². The molecule has 0 bridgehead atoms. The molecule has 1 aliphatic carbocycles. The number of hydrogen-bond donors (Lipinski definition) is 0. The minimum atomic E-state index is -0.680. The van der Waals surface area contributed by atoms with Gasteiger partial charge in [0.25, 0.3) is 0 Å². The minimum absolute atomic E-state index is 0.383. The number of furan rings is 1. The molecule has 0 aliphatic heterocycles. The van der Waals surface area contributed by atoms with Crippen molar-refractivity contribution in [2.24, 2.45) is 5.92 Å². The highest BCUT2D eigenvalue weighted by molar-refractivity contribution is 7.26. The number of carbonyl (C=O) groups is 2. The Morgan fingerprint density at radius 3 is 2.67 bits per heavy atom. The van der Waals surface area contributed by atoms with Crippen molar-refractivity contribution in [1.29, 1.82) is 0 Å². The van der Waals surface area contributed by atoms with Crippen molar-refractivity contribution in [2.45, 2.75) is 18.8 Å². The molecule has 6 heteroatoms. The summed E-state index contributed by atoms with van der Waals surface area (Å²) in [5.41, 5.74) is 1.58. The van der Waals surface area contributed by atoms with Gasteiger partial charge in [0.1, 0.15) is 5.76 Å². The van der Waals surface area contributed by atoms with Crippen LogP contribution in [0, 0.1) is 5.92 Å². The van der Waals surface area contributed by atoms with E-state index < -0.39 is 17.8 Å². The van der Waals surface area contributed by atoms with Gasteiger partial charge in [-0.15, -0.1) is 11.3 Å². The summed E-state index contributed by atoms with van der Waals surface area (Å²) in [5.74, 6) is -1.25. The van der Waals surface area contributed by atoms with E-state index in [2.05, 4.69) is 0 Å². The summed E-state index contributed by atoms with van der Waals surface area (Å²) >= 11 is 1.58. The van der Waals surface area contributed by atoms with Crippen LogP contribution < -0.4 is 0 Å². The largest absolute Gasteiger partial charge is 0.469 e. The van der Waals surface area contributed by atoms with Crippen molar-refractivity contribution < 1.29 is 23.5 Å². The highest BCUT2D eigenvalue weighted by atomic mass is 32.1. The van der Waals surface area contributed by atoms with E-state index in [9.17, 15) is 9.59 Å². The standard InChI is InChI=1S/C18H16O5S/c1-21-17(19)10-7-8-11-14(13(10)18(20)22-2)16-15(23-11)9-5-3-4-6-12(9)24-16/h3-6,10,13H,7-8H2,1-2H3/t10-,13-/m1/s1. The fourth-order valence-corrected chi connectivity index (χ4v) is 4.81. The molecule has 0 N–H and O–H groups in total. The van der Waals surface area contributed by atoms with Crippen molar-refractivity contribution in [3.05, 3.63) is 35.6 Å². The van der Waals surface area contributed by atoms with Gasteiger partial charge in [-0.3, -0.25) is 9.59 Å². The number of thiophene rings is 1. The molecule has 2 atom stereocenters. The van der Waals surface area contributed by atoms with Crippen LogP contribution in [0.2, 0.25) is 0 Å². The van der Waals surface area contributed by atoms with Gasteiger partial charge in [-0.25, -0.2) is 0 Å². The highest BCUT2D eigenvalue weighted by Gasteiger charge is 2.44. The zero-order valence-corrected chi connectivity index (χ0v) is 14.1. The van der Waals surface area contributed by atoms with E-state index in [1.165, 1.54) is 14.2 Å².